The molecule has 114 valence electrons. The van der Waals surface area contributed by atoms with Crippen molar-refractivity contribution in [2.45, 2.75) is 12.5 Å². The Morgan fingerprint density at radius 3 is 2.71 bits per heavy atom. The number of hydrogen-bond acceptors (Lipinski definition) is 5. The van der Waals surface area contributed by atoms with E-state index in [9.17, 15) is 14.9 Å². The van der Waals surface area contributed by atoms with Crippen LogP contribution in [-0.4, -0.2) is 60.9 Å². The fraction of sp³-hybridized carbons (Fsp3) is 0.500. The number of anilines is 1. The van der Waals surface area contributed by atoms with Gasteiger partial charge in [-0.2, -0.15) is 0 Å². The van der Waals surface area contributed by atoms with Crippen LogP contribution in [0, 0.1) is 10.1 Å². The van der Waals surface area contributed by atoms with Crippen molar-refractivity contribution in [1.29, 1.82) is 0 Å². The van der Waals surface area contributed by atoms with Crippen LogP contribution in [0.25, 0.3) is 0 Å². The van der Waals surface area contributed by atoms with Crippen LogP contribution in [0.2, 0.25) is 0 Å². The molecule has 1 heterocycles. The number of nitrogens with zero attached hydrogens (tertiary/aromatic N) is 3. The van der Waals surface area contributed by atoms with E-state index in [0.29, 0.717) is 24.8 Å². The zero-order chi connectivity index (χ0) is 15.6. The maximum absolute atomic E-state index is 12.6. The summed E-state index contributed by atoms with van der Waals surface area (Å²) in [6, 6.07) is 4.82. The van der Waals surface area contributed by atoms with Crippen molar-refractivity contribution < 1.29 is 9.72 Å². The SMILES string of the molecule is CNc1ccc([N+](=O)[O-])c(C(=O)N2CCC(N(C)C)C2)c1. The highest BCUT2D eigenvalue weighted by atomic mass is 16.6. The Kier molecular flexibility index (Phi) is 4.42. The second-order valence-corrected chi connectivity index (χ2v) is 5.40. The molecule has 7 nitrogen and oxygen atoms in total. The van der Waals surface area contributed by atoms with E-state index in [1.54, 1.807) is 24.1 Å². The topological polar surface area (TPSA) is 78.7 Å². The minimum Gasteiger partial charge on any atom is -0.388 e. The number of carbonyl (C=O) groups is 1. The molecule has 1 aromatic rings. The first kappa shape index (κ1) is 15.2. The molecule has 1 saturated heterocycles. The number of likely N-dealkylation sites (N-methyl/N-ethyl adjacent to an activating group) is 1. The molecule has 0 bridgehead atoms. The molecule has 7 heteroatoms. The van der Waals surface area contributed by atoms with Crippen molar-refractivity contribution in [2.75, 3.05) is 39.5 Å². The first-order chi connectivity index (χ1) is 9.93. The highest BCUT2D eigenvalue weighted by Gasteiger charge is 2.31. The highest BCUT2D eigenvalue weighted by molar-refractivity contribution is 5.99. The smallest absolute Gasteiger partial charge is 0.282 e. The van der Waals surface area contributed by atoms with E-state index in [0.717, 1.165) is 6.42 Å². The Balaban J connectivity index is 2.28. The molecule has 2 rings (SSSR count). The third-order valence-corrected chi connectivity index (χ3v) is 3.89. The Bertz CT molecular complexity index is 559. The van der Waals surface area contributed by atoms with Crippen molar-refractivity contribution in [3.63, 3.8) is 0 Å². The summed E-state index contributed by atoms with van der Waals surface area (Å²) in [5.41, 5.74) is 0.686. The molecule has 1 amide bonds. The summed E-state index contributed by atoms with van der Waals surface area (Å²) < 4.78 is 0. The lowest BCUT2D eigenvalue weighted by molar-refractivity contribution is -0.385. The molecule has 0 saturated carbocycles. The minimum absolute atomic E-state index is 0.145. The molecular weight excluding hydrogens is 272 g/mol. The number of amides is 1. The molecule has 0 aliphatic carbocycles. The van der Waals surface area contributed by atoms with Gasteiger partial charge in [-0.05, 0) is 32.6 Å². The molecule has 1 aliphatic rings. The first-order valence-corrected chi connectivity index (χ1v) is 6.86. The zero-order valence-electron chi connectivity index (χ0n) is 12.5. The first-order valence-electron chi connectivity index (χ1n) is 6.86. The van der Waals surface area contributed by atoms with Crippen LogP contribution in [-0.2, 0) is 0 Å². The van der Waals surface area contributed by atoms with Gasteiger partial charge in [0.2, 0.25) is 0 Å². The molecule has 0 spiro atoms. The van der Waals surface area contributed by atoms with E-state index in [2.05, 4.69) is 10.2 Å². The van der Waals surface area contributed by atoms with Gasteiger partial charge in [0, 0.05) is 37.9 Å². The van der Waals surface area contributed by atoms with Crippen molar-refractivity contribution in [2.24, 2.45) is 0 Å². The van der Waals surface area contributed by atoms with Gasteiger partial charge in [-0.3, -0.25) is 14.9 Å². The van der Waals surface area contributed by atoms with E-state index < -0.39 is 4.92 Å². The number of carbonyl (C=O) groups excluding carboxylic acids is 1. The molecule has 1 aromatic carbocycles. The van der Waals surface area contributed by atoms with E-state index in [1.807, 2.05) is 14.1 Å². The number of nitro groups is 1. The number of nitro benzene ring substituents is 1. The molecule has 1 atom stereocenters. The standard InChI is InChI=1S/C14H20N4O3/c1-15-10-4-5-13(18(20)21)12(8-10)14(19)17-7-6-11(9-17)16(2)3/h4-5,8,11,15H,6-7,9H2,1-3H3. The fourth-order valence-corrected chi connectivity index (χ4v) is 2.54. The highest BCUT2D eigenvalue weighted by Crippen LogP contribution is 2.26. The van der Waals surface area contributed by atoms with Crippen LogP contribution in [0.5, 0.6) is 0 Å². The van der Waals surface area contributed by atoms with Gasteiger partial charge in [0.05, 0.1) is 4.92 Å². The number of hydrogen-bond donors (Lipinski definition) is 1. The monoisotopic (exact) mass is 292 g/mol. The second kappa shape index (κ2) is 6.09. The average Bonchev–Trinajstić information content (AvgIpc) is 2.95. The van der Waals surface area contributed by atoms with Crippen LogP contribution in [0.1, 0.15) is 16.8 Å². The summed E-state index contributed by atoms with van der Waals surface area (Å²) in [6.45, 7) is 1.23. The number of benzene rings is 1. The Morgan fingerprint density at radius 1 is 1.48 bits per heavy atom. The summed E-state index contributed by atoms with van der Waals surface area (Å²) in [4.78, 5) is 27.0. The summed E-state index contributed by atoms with van der Waals surface area (Å²) in [7, 11) is 5.67. The predicted molar refractivity (Wildman–Crippen MR) is 80.6 cm³/mol. The van der Waals surface area contributed by atoms with Crippen molar-refractivity contribution in [1.82, 2.24) is 9.80 Å². The zero-order valence-corrected chi connectivity index (χ0v) is 12.5. The van der Waals surface area contributed by atoms with E-state index >= 15 is 0 Å². The molecule has 0 radical (unpaired) electrons. The van der Waals surface area contributed by atoms with Crippen LogP contribution in [0.3, 0.4) is 0 Å². The maximum Gasteiger partial charge on any atom is 0.282 e. The molecule has 1 N–H and O–H groups in total. The molecule has 1 aliphatic heterocycles. The van der Waals surface area contributed by atoms with Gasteiger partial charge in [-0.1, -0.05) is 0 Å². The largest absolute Gasteiger partial charge is 0.388 e. The Labute approximate surface area is 123 Å². The summed E-state index contributed by atoms with van der Waals surface area (Å²) >= 11 is 0. The molecule has 21 heavy (non-hydrogen) atoms. The summed E-state index contributed by atoms with van der Waals surface area (Å²) in [5.74, 6) is -0.275. The van der Waals surface area contributed by atoms with Gasteiger partial charge >= 0.3 is 0 Å². The third kappa shape index (κ3) is 3.13. The summed E-state index contributed by atoms with van der Waals surface area (Å²) in [5, 5.41) is 14.0. The summed E-state index contributed by atoms with van der Waals surface area (Å²) in [6.07, 6.45) is 0.887. The Morgan fingerprint density at radius 2 is 2.19 bits per heavy atom. The van der Waals surface area contributed by atoms with Crippen LogP contribution in [0.15, 0.2) is 18.2 Å². The lowest BCUT2D eigenvalue weighted by Crippen LogP contribution is -2.34. The number of nitrogens with one attached hydrogen (secondary N) is 1. The van der Waals surface area contributed by atoms with Crippen LogP contribution < -0.4 is 5.32 Å². The lowest BCUT2D eigenvalue weighted by atomic mass is 10.1. The minimum atomic E-state index is -0.508. The van der Waals surface area contributed by atoms with Crippen LogP contribution >= 0.6 is 0 Å². The van der Waals surface area contributed by atoms with Crippen molar-refractivity contribution in [3.05, 3.63) is 33.9 Å². The molecule has 1 unspecified atom stereocenters. The van der Waals surface area contributed by atoms with Crippen LogP contribution in [0.4, 0.5) is 11.4 Å². The van der Waals surface area contributed by atoms with Crippen molar-refractivity contribution in [3.8, 4) is 0 Å². The van der Waals surface area contributed by atoms with Gasteiger partial charge in [0.15, 0.2) is 0 Å². The number of rotatable bonds is 4. The van der Waals surface area contributed by atoms with Gasteiger partial charge < -0.3 is 15.1 Å². The lowest BCUT2D eigenvalue weighted by Gasteiger charge is -2.20. The Hall–Kier alpha value is -2.15. The number of likely N-dealkylation sites (tertiary alicyclic amines) is 1. The van der Waals surface area contributed by atoms with Crippen molar-refractivity contribution >= 4 is 17.3 Å². The molecule has 1 fully saturated rings. The van der Waals surface area contributed by atoms with Gasteiger partial charge in [0.25, 0.3) is 11.6 Å². The maximum atomic E-state index is 12.6. The predicted octanol–water partition coefficient (Wildman–Crippen LogP) is 1.41. The van der Waals surface area contributed by atoms with E-state index in [4.69, 9.17) is 0 Å². The van der Waals surface area contributed by atoms with E-state index in [-0.39, 0.29) is 17.2 Å². The van der Waals surface area contributed by atoms with E-state index in [1.165, 1.54) is 6.07 Å². The van der Waals surface area contributed by atoms with Gasteiger partial charge in [0.1, 0.15) is 5.56 Å². The fourth-order valence-electron chi connectivity index (χ4n) is 2.54. The third-order valence-electron chi connectivity index (χ3n) is 3.89. The molecule has 0 aromatic heterocycles. The van der Waals surface area contributed by atoms with Gasteiger partial charge in [-0.15, -0.1) is 0 Å². The second-order valence-electron chi connectivity index (χ2n) is 5.40. The average molecular weight is 292 g/mol. The molecular formula is C14H20N4O3. The normalized spacial score (nSPS) is 18.1. The van der Waals surface area contributed by atoms with Gasteiger partial charge in [-0.25, -0.2) is 0 Å². The quantitative estimate of drug-likeness (QED) is 0.670.